The Morgan fingerprint density at radius 3 is 1.53 bits per heavy atom. The average Bonchev–Trinajstić information content (AvgIpc) is 2.12. The number of hydrogen-bond acceptors (Lipinski definition) is 1. The normalized spacial score (nSPS) is 14.0. The summed E-state index contributed by atoms with van der Waals surface area (Å²) >= 11 is 0. The molecular formula is C6H12N2Y7-2. The summed E-state index contributed by atoms with van der Waals surface area (Å²) in [5, 5.41) is 0. The molecule has 0 aromatic rings. The van der Waals surface area contributed by atoms with Crippen molar-refractivity contribution in [3.05, 3.63) is 12.3 Å². The van der Waals surface area contributed by atoms with Gasteiger partial charge >= 0.3 is 0 Å². The monoisotopic (exact) mass is 734 g/mol. The van der Waals surface area contributed by atoms with Crippen molar-refractivity contribution in [2.45, 2.75) is 25.9 Å². The maximum atomic E-state index is 7.27. The van der Waals surface area contributed by atoms with Crippen LogP contribution in [-0.4, -0.2) is 17.6 Å². The molecule has 0 amide bonds. The van der Waals surface area contributed by atoms with Crippen molar-refractivity contribution in [2.24, 2.45) is 0 Å². The molecule has 1 atom stereocenters. The third kappa shape index (κ3) is 24.0. The quantitative estimate of drug-likeness (QED) is 0.377. The van der Waals surface area contributed by atoms with Crippen molar-refractivity contribution in [1.29, 1.82) is 0 Å². The number of nitrogens with one attached hydrogen (secondary N) is 1. The number of nitrogens with zero attached hydrogens (tertiary/aromatic N) is 1. The van der Waals surface area contributed by atoms with E-state index < -0.39 is 0 Å². The van der Waals surface area contributed by atoms with Gasteiger partial charge in [0.2, 0.25) is 0 Å². The molecule has 0 aromatic heterocycles. The Labute approximate surface area is 270 Å². The Kier molecular flexibility index (Phi) is 85.6. The fourth-order valence-corrected chi connectivity index (χ4v) is 0.974. The average molecular weight is 735 g/mol. The van der Waals surface area contributed by atoms with Crippen LogP contribution >= 0.6 is 0 Å². The molecule has 1 aliphatic rings. The molecular weight excluding hydrogens is 722 g/mol. The van der Waals surface area contributed by atoms with E-state index in [1.165, 1.54) is 12.8 Å². The Hall–Kier alpha value is 7.65. The summed E-state index contributed by atoms with van der Waals surface area (Å²) in [4.78, 5) is 2.07. The minimum Gasteiger partial charge on any atom is -0.665 e. The first-order chi connectivity index (χ1) is 3.80. The smallest absolute Gasteiger partial charge is 0 e. The first kappa shape index (κ1) is 43.3. The Morgan fingerprint density at radius 1 is 1.00 bits per heavy atom. The van der Waals surface area contributed by atoms with Crippen LogP contribution in [0, 0.1) is 6.54 Å². The maximum Gasteiger partial charge on any atom is 0 e. The number of likely N-dealkylation sites (tertiary alicyclic amines) is 1. The van der Waals surface area contributed by atoms with Gasteiger partial charge in [-0.3, -0.25) is 6.54 Å². The van der Waals surface area contributed by atoms with E-state index in [-0.39, 0.29) is 235 Å². The van der Waals surface area contributed by atoms with E-state index in [0.717, 1.165) is 6.54 Å². The van der Waals surface area contributed by atoms with Gasteiger partial charge in [-0.2, -0.15) is 6.42 Å². The zero-order valence-corrected chi connectivity index (χ0v) is 29.1. The van der Waals surface area contributed by atoms with Crippen molar-refractivity contribution >= 4 is 0 Å². The summed E-state index contributed by atoms with van der Waals surface area (Å²) in [6.45, 7) is 5.12. The SMILES string of the molecule is CC([NH-])N1[CH-]CCC1.[Y].[Y].[Y].[Y].[Y].[Y].[Y]. The van der Waals surface area contributed by atoms with E-state index in [0.29, 0.717) is 0 Å². The van der Waals surface area contributed by atoms with Gasteiger partial charge in [0.25, 0.3) is 0 Å². The summed E-state index contributed by atoms with van der Waals surface area (Å²) in [6.07, 6.45) is 2.38. The van der Waals surface area contributed by atoms with Gasteiger partial charge in [-0.15, -0.1) is 6.17 Å². The minimum absolute atomic E-state index is 0. The van der Waals surface area contributed by atoms with E-state index in [9.17, 15) is 0 Å². The van der Waals surface area contributed by atoms with Gasteiger partial charge in [-0.05, 0) is 6.54 Å². The van der Waals surface area contributed by atoms with E-state index in [4.69, 9.17) is 5.73 Å². The predicted octanol–water partition coefficient (Wildman–Crippen LogP) is 1.62. The van der Waals surface area contributed by atoms with Crippen LogP contribution in [0.4, 0.5) is 0 Å². The molecule has 1 fully saturated rings. The molecule has 1 aliphatic heterocycles. The van der Waals surface area contributed by atoms with E-state index >= 15 is 0 Å². The van der Waals surface area contributed by atoms with Gasteiger partial charge < -0.3 is 10.6 Å². The fraction of sp³-hybridized carbons (Fsp3) is 0.833. The molecule has 0 aromatic carbocycles. The fourth-order valence-electron chi connectivity index (χ4n) is 0.974. The van der Waals surface area contributed by atoms with Crippen molar-refractivity contribution in [2.75, 3.05) is 6.54 Å². The minimum atomic E-state index is -0.0301. The molecule has 0 spiro atoms. The first-order valence-electron chi connectivity index (χ1n) is 3.11. The second-order valence-corrected chi connectivity index (χ2v) is 2.24. The largest absolute Gasteiger partial charge is 0.665 e. The van der Waals surface area contributed by atoms with Crippen molar-refractivity contribution in [1.82, 2.24) is 4.90 Å². The standard InChI is InChI=1S/C6H12N2.7Y/c1-6(7)8-4-2-3-5-8;;;;;;;/h4,6-7H,2-3,5H2,1H3;;;;;;;/q-2;;;;;;;. The van der Waals surface area contributed by atoms with Crippen LogP contribution in [0.1, 0.15) is 19.8 Å². The van der Waals surface area contributed by atoms with Crippen LogP contribution < -0.4 is 0 Å². The third-order valence-corrected chi connectivity index (χ3v) is 1.48. The van der Waals surface area contributed by atoms with Crippen LogP contribution in [0.2, 0.25) is 0 Å². The van der Waals surface area contributed by atoms with Gasteiger partial charge in [-0.25, -0.2) is 0 Å². The van der Waals surface area contributed by atoms with Gasteiger partial charge in [-0.1, -0.05) is 13.3 Å². The molecule has 0 aliphatic carbocycles. The summed E-state index contributed by atoms with van der Waals surface area (Å²) in [5.41, 5.74) is 7.27. The summed E-state index contributed by atoms with van der Waals surface area (Å²) in [7, 11) is 0. The zero-order valence-electron chi connectivity index (χ0n) is 9.26. The third-order valence-electron chi connectivity index (χ3n) is 1.48. The zero-order chi connectivity index (χ0) is 5.98. The molecule has 9 heteroatoms. The molecule has 2 nitrogen and oxygen atoms in total. The van der Waals surface area contributed by atoms with Crippen molar-refractivity contribution in [3.8, 4) is 0 Å². The molecule has 7 radical (unpaired) electrons. The van der Waals surface area contributed by atoms with Crippen LogP contribution in [0.25, 0.3) is 5.73 Å². The molecule has 1 unspecified atom stereocenters. The molecule has 0 saturated carbocycles. The summed E-state index contributed by atoms with van der Waals surface area (Å²) < 4.78 is 0. The summed E-state index contributed by atoms with van der Waals surface area (Å²) in [6, 6.07) is 0. The topological polar surface area (TPSA) is 27.0 Å². The Bertz CT molecular complexity index is 79.9. The summed E-state index contributed by atoms with van der Waals surface area (Å²) in [5.74, 6) is 0. The Morgan fingerprint density at radius 2 is 1.40 bits per heavy atom. The number of hydrogen-bond donors (Lipinski definition) is 0. The first-order valence-corrected chi connectivity index (χ1v) is 3.11. The van der Waals surface area contributed by atoms with Crippen molar-refractivity contribution in [3.63, 3.8) is 0 Å². The van der Waals surface area contributed by atoms with Gasteiger partial charge in [0, 0.05) is 229 Å². The van der Waals surface area contributed by atoms with Crippen LogP contribution in [0.15, 0.2) is 0 Å². The molecule has 1 heterocycles. The Balaban J connectivity index is -0.0000000183. The molecule has 0 bridgehead atoms. The van der Waals surface area contributed by atoms with Crippen LogP contribution in [-0.2, 0) is 229 Å². The van der Waals surface area contributed by atoms with Crippen molar-refractivity contribution < 1.29 is 229 Å². The maximum absolute atomic E-state index is 7.27. The second kappa shape index (κ2) is 29.6. The molecule has 69 valence electrons. The van der Waals surface area contributed by atoms with Crippen LogP contribution in [0.5, 0.6) is 0 Å². The van der Waals surface area contributed by atoms with Crippen LogP contribution in [0.3, 0.4) is 0 Å². The molecule has 1 saturated heterocycles. The second-order valence-electron chi connectivity index (χ2n) is 2.24. The molecule has 15 heavy (non-hydrogen) atoms. The number of rotatable bonds is 1. The van der Waals surface area contributed by atoms with E-state index in [1.54, 1.807) is 0 Å². The van der Waals surface area contributed by atoms with Gasteiger partial charge in [0.15, 0.2) is 0 Å². The molecule has 1 N–H and O–H groups in total. The van der Waals surface area contributed by atoms with Gasteiger partial charge in [0.1, 0.15) is 0 Å². The predicted molar refractivity (Wildman–Crippen MR) is 34.0 cm³/mol. The van der Waals surface area contributed by atoms with E-state index in [1.807, 2.05) is 6.92 Å². The molecule has 1 rings (SSSR count). The van der Waals surface area contributed by atoms with E-state index in [2.05, 4.69) is 11.4 Å². The van der Waals surface area contributed by atoms with Gasteiger partial charge in [0.05, 0.1) is 0 Å².